The Labute approximate surface area is 147 Å². The van der Waals surface area contributed by atoms with E-state index in [1.165, 1.54) is 0 Å². The van der Waals surface area contributed by atoms with Crippen molar-refractivity contribution in [3.05, 3.63) is 95.6 Å². The first-order valence-electron chi connectivity index (χ1n) is 8.40. The highest BCUT2D eigenvalue weighted by Crippen LogP contribution is 2.50. The van der Waals surface area contributed by atoms with E-state index in [0.717, 1.165) is 27.8 Å². The number of aliphatic carboxylic acids is 1. The van der Waals surface area contributed by atoms with Crippen molar-refractivity contribution in [1.82, 2.24) is 5.32 Å². The zero-order valence-electron chi connectivity index (χ0n) is 13.9. The van der Waals surface area contributed by atoms with Crippen LogP contribution in [0, 0.1) is 0 Å². The summed E-state index contributed by atoms with van der Waals surface area (Å²) in [5, 5.41) is 13.0. The predicted molar refractivity (Wildman–Crippen MR) is 98.4 cm³/mol. The molecule has 0 bridgehead atoms. The summed E-state index contributed by atoms with van der Waals surface area (Å²) in [5.74, 6) is -0.864. The molecule has 0 saturated heterocycles. The van der Waals surface area contributed by atoms with Gasteiger partial charge in [0.15, 0.2) is 0 Å². The molecule has 0 unspecified atom stereocenters. The molecule has 0 saturated carbocycles. The highest BCUT2D eigenvalue weighted by atomic mass is 16.4. The van der Waals surface area contributed by atoms with Gasteiger partial charge in [-0.3, -0.25) is 10.1 Å². The third-order valence-corrected chi connectivity index (χ3v) is 4.96. The van der Waals surface area contributed by atoms with Gasteiger partial charge in [0.2, 0.25) is 0 Å². The lowest BCUT2D eigenvalue weighted by atomic mass is 9.80. The van der Waals surface area contributed by atoms with E-state index in [1.54, 1.807) is 6.92 Å². The molecule has 0 heterocycles. The monoisotopic (exact) mass is 329 g/mol. The first kappa shape index (κ1) is 15.6. The summed E-state index contributed by atoms with van der Waals surface area (Å²) in [6.45, 7) is 1.69. The third-order valence-electron chi connectivity index (χ3n) is 4.96. The van der Waals surface area contributed by atoms with E-state index < -0.39 is 17.6 Å². The minimum absolute atomic E-state index is 0.674. The SMILES string of the molecule is C[C@H](NC1(c2ccccc2)c2ccccc2-c2ccccc21)C(=O)O. The molecule has 2 N–H and O–H groups in total. The molecule has 4 rings (SSSR count). The molecule has 1 aliphatic carbocycles. The molecule has 1 atom stereocenters. The molecule has 124 valence electrons. The maximum Gasteiger partial charge on any atom is 0.320 e. The number of nitrogens with one attached hydrogen (secondary N) is 1. The van der Waals surface area contributed by atoms with Gasteiger partial charge in [0.1, 0.15) is 6.04 Å². The van der Waals surface area contributed by atoms with Crippen molar-refractivity contribution in [3.8, 4) is 11.1 Å². The summed E-state index contributed by atoms with van der Waals surface area (Å²) in [6, 6.07) is 25.8. The zero-order chi connectivity index (χ0) is 17.4. The number of hydrogen-bond donors (Lipinski definition) is 2. The Morgan fingerprint density at radius 2 is 1.32 bits per heavy atom. The normalized spacial score (nSPS) is 15.2. The van der Waals surface area contributed by atoms with E-state index in [0.29, 0.717) is 0 Å². The molecule has 0 aromatic heterocycles. The second kappa shape index (κ2) is 5.87. The van der Waals surface area contributed by atoms with Crippen LogP contribution in [-0.4, -0.2) is 17.1 Å². The van der Waals surface area contributed by atoms with Gasteiger partial charge in [0.05, 0.1) is 5.54 Å². The lowest BCUT2D eigenvalue weighted by molar-refractivity contribution is -0.139. The van der Waals surface area contributed by atoms with Crippen molar-refractivity contribution in [2.24, 2.45) is 0 Å². The maximum atomic E-state index is 11.6. The molecule has 3 aromatic carbocycles. The topological polar surface area (TPSA) is 49.3 Å². The Kier molecular flexibility index (Phi) is 3.66. The summed E-state index contributed by atoms with van der Waals surface area (Å²) in [4.78, 5) is 11.6. The first-order chi connectivity index (χ1) is 12.1. The predicted octanol–water partition coefficient (Wildman–Crippen LogP) is 4.02. The minimum Gasteiger partial charge on any atom is -0.480 e. The fraction of sp³-hybridized carbons (Fsp3) is 0.136. The summed E-state index contributed by atoms with van der Waals surface area (Å²) < 4.78 is 0. The number of carboxylic acid groups (broad SMARTS) is 1. The van der Waals surface area contributed by atoms with Gasteiger partial charge < -0.3 is 5.11 Å². The Hall–Kier alpha value is -2.91. The van der Waals surface area contributed by atoms with Crippen molar-refractivity contribution >= 4 is 5.97 Å². The summed E-state index contributed by atoms with van der Waals surface area (Å²) in [7, 11) is 0. The van der Waals surface area contributed by atoms with Crippen LogP contribution in [0.3, 0.4) is 0 Å². The Morgan fingerprint density at radius 1 is 0.840 bits per heavy atom. The molecule has 3 heteroatoms. The van der Waals surface area contributed by atoms with Crippen LogP contribution in [0.1, 0.15) is 23.6 Å². The quantitative estimate of drug-likeness (QED) is 0.760. The number of carboxylic acids is 1. The molecular weight excluding hydrogens is 310 g/mol. The zero-order valence-corrected chi connectivity index (χ0v) is 13.9. The number of carbonyl (C=O) groups is 1. The summed E-state index contributed by atoms with van der Waals surface area (Å²) in [5.41, 5.74) is 4.84. The average molecular weight is 329 g/mol. The summed E-state index contributed by atoms with van der Waals surface area (Å²) in [6.07, 6.45) is 0. The van der Waals surface area contributed by atoms with E-state index in [2.05, 4.69) is 41.7 Å². The number of rotatable bonds is 4. The first-order valence-corrected chi connectivity index (χ1v) is 8.40. The van der Waals surface area contributed by atoms with Gasteiger partial charge in [-0.15, -0.1) is 0 Å². The van der Waals surface area contributed by atoms with E-state index in [9.17, 15) is 9.90 Å². The molecular formula is C22H19NO2. The minimum atomic E-state index is -0.864. The van der Waals surface area contributed by atoms with Gasteiger partial charge in [0.25, 0.3) is 0 Å². The molecule has 0 radical (unpaired) electrons. The second-order valence-electron chi connectivity index (χ2n) is 6.41. The van der Waals surface area contributed by atoms with Gasteiger partial charge in [-0.25, -0.2) is 0 Å². The standard InChI is InChI=1S/C22H19NO2/c1-15(21(24)25)23-22(16-9-3-2-4-10-16)19-13-7-5-11-17(19)18-12-6-8-14-20(18)22/h2-15,23H,1H3,(H,24,25)/t15-/m0/s1. The Bertz CT molecular complexity index is 888. The maximum absolute atomic E-state index is 11.6. The van der Waals surface area contributed by atoms with Crippen molar-refractivity contribution in [3.63, 3.8) is 0 Å². The Balaban J connectivity index is 2.05. The summed E-state index contributed by atoms with van der Waals surface area (Å²) >= 11 is 0. The van der Waals surface area contributed by atoms with Gasteiger partial charge >= 0.3 is 5.97 Å². The average Bonchev–Trinajstić information content (AvgIpc) is 2.94. The van der Waals surface area contributed by atoms with Crippen molar-refractivity contribution in [2.75, 3.05) is 0 Å². The van der Waals surface area contributed by atoms with Crippen LogP contribution >= 0.6 is 0 Å². The molecule has 0 fully saturated rings. The Morgan fingerprint density at radius 3 is 1.84 bits per heavy atom. The lowest BCUT2D eigenvalue weighted by Gasteiger charge is -2.35. The van der Waals surface area contributed by atoms with Crippen LogP contribution in [0.25, 0.3) is 11.1 Å². The van der Waals surface area contributed by atoms with Crippen molar-refractivity contribution in [2.45, 2.75) is 18.5 Å². The third kappa shape index (κ3) is 2.28. The van der Waals surface area contributed by atoms with Crippen LogP contribution in [0.4, 0.5) is 0 Å². The van der Waals surface area contributed by atoms with E-state index in [-0.39, 0.29) is 0 Å². The van der Waals surface area contributed by atoms with E-state index in [4.69, 9.17) is 0 Å². The lowest BCUT2D eigenvalue weighted by Crippen LogP contribution is -2.50. The largest absolute Gasteiger partial charge is 0.480 e. The van der Waals surface area contributed by atoms with Crippen LogP contribution in [0.2, 0.25) is 0 Å². The van der Waals surface area contributed by atoms with Crippen LogP contribution in [0.15, 0.2) is 78.9 Å². The molecule has 3 aromatic rings. The van der Waals surface area contributed by atoms with Crippen LogP contribution < -0.4 is 5.32 Å². The molecule has 0 spiro atoms. The van der Waals surface area contributed by atoms with Crippen molar-refractivity contribution < 1.29 is 9.90 Å². The highest BCUT2D eigenvalue weighted by Gasteiger charge is 2.45. The highest BCUT2D eigenvalue weighted by molar-refractivity contribution is 5.84. The fourth-order valence-electron chi connectivity index (χ4n) is 3.86. The smallest absolute Gasteiger partial charge is 0.320 e. The fourth-order valence-corrected chi connectivity index (χ4v) is 3.86. The molecule has 25 heavy (non-hydrogen) atoms. The molecule has 3 nitrogen and oxygen atoms in total. The molecule has 1 aliphatic rings. The molecule has 0 aliphatic heterocycles. The van der Waals surface area contributed by atoms with Crippen LogP contribution in [-0.2, 0) is 10.3 Å². The number of fused-ring (bicyclic) bond motifs is 3. The second-order valence-corrected chi connectivity index (χ2v) is 6.41. The van der Waals surface area contributed by atoms with Gasteiger partial charge in [0, 0.05) is 0 Å². The number of benzene rings is 3. The van der Waals surface area contributed by atoms with E-state index in [1.807, 2.05) is 42.5 Å². The van der Waals surface area contributed by atoms with Gasteiger partial charge in [-0.2, -0.15) is 0 Å². The van der Waals surface area contributed by atoms with Gasteiger partial charge in [-0.05, 0) is 34.7 Å². The van der Waals surface area contributed by atoms with Crippen molar-refractivity contribution in [1.29, 1.82) is 0 Å². The van der Waals surface area contributed by atoms with E-state index >= 15 is 0 Å². The van der Waals surface area contributed by atoms with Crippen LogP contribution in [0.5, 0.6) is 0 Å². The van der Waals surface area contributed by atoms with Gasteiger partial charge in [-0.1, -0.05) is 78.9 Å². The number of hydrogen-bond acceptors (Lipinski definition) is 2. The molecule has 0 amide bonds.